The van der Waals surface area contributed by atoms with Gasteiger partial charge in [-0.15, -0.1) is 0 Å². The first kappa shape index (κ1) is 19.9. The van der Waals surface area contributed by atoms with Crippen molar-refractivity contribution >= 4 is 11.0 Å². The molecule has 4 nitrogen and oxygen atoms in total. The zero-order valence-corrected chi connectivity index (χ0v) is 18.6. The highest BCUT2D eigenvalue weighted by molar-refractivity contribution is 5.84. The molecule has 1 fully saturated rings. The summed E-state index contributed by atoms with van der Waals surface area (Å²) in [6.07, 6.45) is 3.74. The van der Waals surface area contributed by atoms with Crippen LogP contribution in [0.15, 0.2) is 16.7 Å². The topological polar surface area (TPSA) is 32.5 Å². The Kier molecular flexibility index (Phi) is 5.08. The highest BCUT2D eigenvalue weighted by Crippen LogP contribution is 2.35. The maximum Gasteiger partial charge on any atom is 0.170 e. The zero-order chi connectivity index (χ0) is 20.1. The van der Waals surface area contributed by atoms with Gasteiger partial charge >= 0.3 is 0 Å². The molecule has 0 amide bonds. The molecule has 1 aromatic heterocycles. The molecule has 0 bridgehead atoms. The van der Waals surface area contributed by atoms with E-state index in [1.165, 1.54) is 49.0 Å². The number of piperidine rings is 1. The minimum absolute atomic E-state index is 0.0160. The van der Waals surface area contributed by atoms with Crippen LogP contribution in [0, 0.1) is 5.92 Å². The Labute approximate surface area is 170 Å². The molecule has 1 saturated heterocycles. The molecule has 0 radical (unpaired) electrons. The van der Waals surface area contributed by atoms with Crippen molar-refractivity contribution in [1.82, 2.24) is 15.0 Å². The number of nitrogens with zero attached hydrogens (tertiary/aromatic N) is 3. The first-order valence-electron chi connectivity index (χ1n) is 11.0. The molecule has 2 aliphatic rings. The molecule has 4 heteroatoms. The van der Waals surface area contributed by atoms with E-state index < -0.39 is 0 Å². The Morgan fingerprint density at radius 2 is 1.75 bits per heavy atom. The predicted molar refractivity (Wildman–Crippen MR) is 116 cm³/mol. The maximum atomic E-state index is 5.83. The number of benzene rings is 1. The van der Waals surface area contributed by atoms with Crippen LogP contribution in [0.25, 0.3) is 11.0 Å². The number of likely N-dealkylation sites (tertiary alicyclic amines) is 1. The quantitative estimate of drug-likeness (QED) is 0.731. The summed E-state index contributed by atoms with van der Waals surface area (Å²) in [5.74, 6) is 0.835. The van der Waals surface area contributed by atoms with Gasteiger partial charge < -0.3 is 4.52 Å². The van der Waals surface area contributed by atoms with Gasteiger partial charge in [0.15, 0.2) is 5.58 Å². The van der Waals surface area contributed by atoms with Crippen LogP contribution in [0.4, 0.5) is 0 Å². The van der Waals surface area contributed by atoms with Crippen molar-refractivity contribution in [3.8, 4) is 0 Å². The minimum atomic E-state index is 0.0160. The van der Waals surface area contributed by atoms with Gasteiger partial charge in [0.2, 0.25) is 0 Å². The maximum absolute atomic E-state index is 5.83. The SMILES string of the molecule is CC(C)(C)c1noc2c3c(ccc12)CN(CC1CCN(C(C)(C)C)CC1)CC3. The largest absolute Gasteiger partial charge is 0.356 e. The highest BCUT2D eigenvalue weighted by Gasteiger charge is 2.30. The van der Waals surface area contributed by atoms with Gasteiger partial charge in [-0.2, -0.15) is 0 Å². The van der Waals surface area contributed by atoms with Crippen molar-refractivity contribution in [2.75, 3.05) is 26.2 Å². The lowest BCUT2D eigenvalue weighted by atomic mass is 9.87. The molecule has 154 valence electrons. The molecule has 1 aromatic carbocycles. The Morgan fingerprint density at radius 3 is 2.39 bits per heavy atom. The summed E-state index contributed by atoms with van der Waals surface area (Å²) in [5.41, 5.74) is 5.26. The fraction of sp³-hybridized carbons (Fsp3) is 0.708. The van der Waals surface area contributed by atoms with Crippen molar-refractivity contribution in [2.24, 2.45) is 5.92 Å². The van der Waals surface area contributed by atoms with Crippen LogP contribution >= 0.6 is 0 Å². The molecule has 4 rings (SSSR count). The van der Waals surface area contributed by atoms with Crippen LogP contribution in [-0.4, -0.2) is 46.7 Å². The van der Waals surface area contributed by atoms with Gasteiger partial charge in [-0.05, 0) is 70.7 Å². The van der Waals surface area contributed by atoms with Crippen LogP contribution in [0.5, 0.6) is 0 Å². The van der Waals surface area contributed by atoms with Gasteiger partial charge in [-0.25, -0.2) is 0 Å². The van der Waals surface area contributed by atoms with E-state index in [0.29, 0.717) is 5.54 Å². The van der Waals surface area contributed by atoms with Gasteiger partial charge in [0.1, 0.15) is 0 Å². The molecular formula is C24H37N3O. The summed E-state index contributed by atoms with van der Waals surface area (Å²) in [4.78, 5) is 5.30. The van der Waals surface area contributed by atoms with E-state index in [2.05, 4.69) is 68.6 Å². The molecule has 0 atom stereocenters. The number of rotatable bonds is 2. The Hall–Kier alpha value is -1.39. The van der Waals surface area contributed by atoms with E-state index in [0.717, 1.165) is 36.7 Å². The lowest BCUT2D eigenvalue weighted by Gasteiger charge is -2.42. The lowest BCUT2D eigenvalue weighted by molar-refractivity contribution is 0.0724. The van der Waals surface area contributed by atoms with Gasteiger partial charge in [0.05, 0.1) is 5.69 Å². The first-order valence-corrected chi connectivity index (χ1v) is 11.0. The number of fused-ring (bicyclic) bond motifs is 3. The van der Waals surface area contributed by atoms with Crippen LogP contribution in [-0.2, 0) is 18.4 Å². The fourth-order valence-corrected chi connectivity index (χ4v) is 4.96. The van der Waals surface area contributed by atoms with E-state index in [1.807, 2.05) is 0 Å². The Bertz CT molecular complexity index is 832. The summed E-state index contributed by atoms with van der Waals surface area (Å²) >= 11 is 0. The summed E-state index contributed by atoms with van der Waals surface area (Å²) in [5, 5.41) is 5.62. The smallest absolute Gasteiger partial charge is 0.170 e. The standard InChI is InChI=1S/C24H37N3O/c1-23(2,3)22-20-8-7-18-16-26(12-11-19(18)21(20)28-25-22)15-17-9-13-27(14-10-17)24(4,5)6/h7-8,17H,9-16H2,1-6H3. The second kappa shape index (κ2) is 7.14. The predicted octanol–water partition coefficient (Wildman–Crippen LogP) is 4.99. The molecule has 2 aliphatic heterocycles. The molecular weight excluding hydrogens is 346 g/mol. The monoisotopic (exact) mass is 383 g/mol. The molecule has 0 unspecified atom stereocenters. The van der Waals surface area contributed by atoms with E-state index in [9.17, 15) is 0 Å². The second-order valence-electron chi connectivity index (χ2n) is 10.9. The zero-order valence-electron chi connectivity index (χ0n) is 18.6. The lowest BCUT2D eigenvalue weighted by Crippen LogP contribution is -2.47. The van der Waals surface area contributed by atoms with Crippen molar-refractivity contribution < 1.29 is 4.52 Å². The van der Waals surface area contributed by atoms with Gasteiger partial charge in [0, 0.05) is 41.5 Å². The minimum Gasteiger partial charge on any atom is -0.356 e. The van der Waals surface area contributed by atoms with E-state index in [-0.39, 0.29) is 5.41 Å². The number of hydrogen-bond acceptors (Lipinski definition) is 4. The third-order valence-corrected chi connectivity index (χ3v) is 6.70. The number of aromatic nitrogens is 1. The molecule has 0 N–H and O–H groups in total. The first-order chi connectivity index (χ1) is 13.1. The molecule has 2 aromatic rings. The third-order valence-electron chi connectivity index (χ3n) is 6.70. The van der Waals surface area contributed by atoms with Crippen molar-refractivity contribution in [2.45, 2.75) is 78.3 Å². The summed E-state index contributed by atoms with van der Waals surface area (Å²) < 4.78 is 5.83. The normalized spacial score (nSPS) is 20.6. The van der Waals surface area contributed by atoms with Crippen molar-refractivity contribution in [3.63, 3.8) is 0 Å². The Balaban J connectivity index is 1.43. The molecule has 0 aliphatic carbocycles. The fourth-order valence-electron chi connectivity index (χ4n) is 4.96. The number of hydrogen-bond donors (Lipinski definition) is 0. The summed E-state index contributed by atoms with van der Waals surface area (Å²) in [6, 6.07) is 4.55. The molecule has 0 saturated carbocycles. The average Bonchev–Trinajstić information content (AvgIpc) is 3.06. The summed E-state index contributed by atoms with van der Waals surface area (Å²) in [6.45, 7) is 19.5. The van der Waals surface area contributed by atoms with E-state index >= 15 is 0 Å². The van der Waals surface area contributed by atoms with Crippen LogP contribution in [0.3, 0.4) is 0 Å². The van der Waals surface area contributed by atoms with Gasteiger partial charge in [0.25, 0.3) is 0 Å². The summed E-state index contributed by atoms with van der Waals surface area (Å²) in [7, 11) is 0. The van der Waals surface area contributed by atoms with Crippen LogP contribution in [0.1, 0.15) is 71.2 Å². The van der Waals surface area contributed by atoms with Crippen LogP contribution < -0.4 is 0 Å². The molecule has 28 heavy (non-hydrogen) atoms. The third kappa shape index (κ3) is 3.86. The molecule has 0 spiro atoms. The van der Waals surface area contributed by atoms with Crippen molar-refractivity contribution in [3.05, 3.63) is 29.0 Å². The highest BCUT2D eigenvalue weighted by atomic mass is 16.5. The second-order valence-corrected chi connectivity index (χ2v) is 10.9. The van der Waals surface area contributed by atoms with Crippen molar-refractivity contribution in [1.29, 1.82) is 0 Å². The Morgan fingerprint density at radius 1 is 1.04 bits per heavy atom. The van der Waals surface area contributed by atoms with E-state index in [4.69, 9.17) is 4.52 Å². The van der Waals surface area contributed by atoms with Crippen LogP contribution in [0.2, 0.25) is 0 Å². The molecule has 3 heterocycles. The van der Waals surface area contributed by atoms with Gasteiger partial charge in [-0.3, -0.25) is 9.80 Å². The van der Waals surface area contributed by atoms with E-state index in [1.54, 1.807) is 0 Å². The average molecular weight is 384 g/mol. The van der Waals surface area contributed by atoms with Gasteiger partial charge in [-0.1, -0.05) is 32.0 Å².